The van der Waals surface area contributed by atoms with E-state index in [1.807, 2.05) is 0 Å². The maximum absolute atomic E-state index is 5.26. The lowest BCUT2D eigenvalue weighted by Gasteiger charge is -2.28. The van der Waals surface area contributed by atoms with Crippen LogP contribution in [0.15, 0.2) is 4.99 Å². The Bertz CT molecular complexity index is 160. The van der Waals surface area contributed by atoms with Crippen LogP contribution >= 0.6 is 0 Å². The molecule has 0 aromatic rings. The van der Waals surface area contributed by atoms with Gasteiger partial charge in [0, 0.05) is 19.1 Å². The molecule has 1 aliphatic heterocycles. The SMILES string of the molecule is C/C(=N\C(C)C)N1CCOCC1. The molecule has 0 radical (unpaired) electrons. The zero-order chi connectivity index (χ0) is 8.97. The molecule has 0 spiro atoms. The fourth-order valence-electron chi connectivity index (χ4n) is 1.34. The quantitative estimate of drug-likeness (QED) is 0.435. The average Bonchev–Trinajstić information content (AvgIpc) is 2.05. The highest BCUT2D eigenvalue weighted by molar-refractivity contribution is 5.79. The van der Waals surface area contributed by atoms with Crippen molar-refractivity contribution in [2.24, 2.45) is 4.99 Å². The Morgan fingerprint density at radius 1 is 1.33 bits per heavy atom. The second-order valence-corrected chi connectivity index (χ2v) is 3.37. The Labute approximate surface area is 74.4 Å². The number of morpholine rings is 1. The number of ether oxygens (including phenoxy) is 1. The van der Waals surface area contributed by atoms with Crippen molar-refractivity contribution in [3.63, 3.8) is 0 Å². The van der Waals surface area contributed by atoms with E-state index < -0.39 is 0 Å². The highest BCUT2D eigenvalue weighted by Gasteiger charge is 2.11. The highest BCUT2D eigenvalue weighted by atomic mass is 16.5. The number of nitrogens with zero attached hydrogens (tertiary/aromatic N) is 2. The molecule has 1 saturated heterocycles. The second kappa shape index (κ2) is 4.45. The van der Waals surface area contributed by atoms with Crippen LogP contribution in [0.5, 0.6) is 0 Å². The fraction of sp³-hybridized carbons (Fsp3) is 0.889. The molecule has 0 bridgehead atoms. The Morgan fingerprint density at radius 2 is 1.92 bits per heavy atom. The van der Waals surface area contributed by atoms with Gasteiger partial charge in [-0.3, -0.25) is 4.99 Å². The summed E-state index contributed by atoms with van der Waals surface area (Å²) >= 11 is 0. The van der Waals surface area contributed by atoms with Gasteiger partial charge >= 0.3 is 0 Å². The van der Waals surface area contributed by atoms with Crippen molar-refractivity contribution < 1.29 is 4.74 Å². The zero-order valence-electron chi connectivity index (χ0n) is 8.21. The van der Waals surface area contributed by atoms with Gasteiger partial charge in [0.1, 0.15) is 0 Å². The summed E-state index contributed by atoms with van der Waals surface area (Å²) in [7, 11) is 0. The van der Waals surface area contributed by atoms with Crippen LogP contribution in [0.2, 0.25) is 0 Å². The van der Waals surface area contributed by atoms with Gasteiger partial charge in [-0.15, -0.1) is 0 Å². The number of aliphatic imine (C=N–C) groups is 1. The van der Waals surface area contributed by atoms with Crippen molar-refractivity contribution >= 4 is 5.84 Å². The van der Waals surface area contributed by atoms with Crippen molar-refractivity contribution in [1.29, 1.82) is 0 Å². The predicted molar refractivity (Wildman–Crippen MR) is 50.6 cm³/mol. The molecule has 0 saturated carbocycles. The third kappa shape index (κ3) is 2.81. The minimum atomic E-state index is 0.396. The van der Waals surface area contributed by atoms with Crippen molar-refractivity contribution in [1.82, 2.24) is 4.90 Å². The number of rotatable bonds is 1. The first kappa shape index (κ1) is 9.52. The van der Waals surface area contributed by atoms with Crippen LogP contribution in [-0.4, -0.2) is 43.1 Å². The van der Waals surface area contributed by atoms with Crippen molar-refractivity contribution in [2.45, 2.75) is 26.8 Å². The van der Waals surface area contributed by atoms with Gasteiger partial charge in [-0.25, -0.2) is 0 Å². The average molecular weight is 170 g/mol. The predicted octanol–water partition coefficient (Wildman–Crippen LogP) is 1.15. The van der Waals surface area contributed by atoms with Crippen LogP contribution in [0.3, 0.4) is 0 Å². The topological polar surface area (TPSA) is 24.8 Å². The largest absolute Gasteiger partial charge is 0.378 e. The van der Waals surface area contributed by atoms with Gasteiger partial charge in [0.25, 0.3) is 0 Å². The van der Waals surface area contributed by atoms with E-state index in [-0.39, 0.29) is 0 Å². The van der Waals surface area contributed by atoms with Crippen LogP contribution < -0.4 is 0 Å². The summed E-state index contributed by atoms with van der Waals surface area (Å²) in [5, 5.41) is 0. The maximum Gasteiger partial charge on any atom is 0.0962 e. The smallest absolute Gasteiger partial charge is 0.0962 e. The molecule has 0 amide bonds. The summed E-state index contributed by atoms with van der Waals surface area (Å²) in [5.74, 6) is 1.15. The normalized spacial score (nSPS) is 20.3. The Balaban J connectivity index is 2.44. The first-order valence-electron chi connectivity index (χ1n) is 4.57. The summed E-state index contributed by atoms with van der Waals surface area (Å²) in [4.78, 5) is 6.77. The van der Waals surface area contributed by atoms with E-state index >= 15 is 0 Å². The zero-order valence-corrected chi connectivity index (χ0v) is 8.21. The van der Waals surface area contributed by atoms with E-state index in [1.165, 1.54) is 0 Å². The van der Waals surface area contributed by atoms with E-state index in [2.05, 4.69) is 30.7 Å². The fourth-order valence-corrected chi connectivity index (χ4v) is 1.34. The molecule has 3 nitrogen and oxygen atoms in total. The first-order valence-corrected chi connectivity index (χ1v) is 4.57. The minimum absolute atomic E-state index is 0.396. The third-order valence-corrected chi connectivity index (χ3v) is 1.91. The van der Waals surface area contributed by atoms with Gasteiger partial charge in [0.2, 0.25) is 0 Å². The summed E-state index contributed by atoms with van der Waals surface area (Å²) < 4.78 is 5.26. The molecular formula is C9H18N2O. The lowest BCUT2D eigenvalue weighted by molar-refractivity contribution is 0.0676. The van der Waals surface area contributed by atoms with Gasteiger partial charge in [-0.05, 0) is 20.8 Å². The van der Waals surface area contributed by atoms with Gasteiger partial charge < -0.3 is 9.64 Å². The van der Waals surface area contributed by atoms with Crippen molar-refractivity contribution in [3.8, 4) is 0 Å². The highest BCUT2D eigenvalue weighted by Crippen LogP contribution is 2.00. The first-order chi connectivity index (χ1) is 5.70. The summed E-state index contributed by atoms with van der Waals surface area (Å²) in [6.45, 7) is 9.93. The lowest BCUT2D eigenvalue weighted by atomic mass is 10.4. The maximum atomic E-state index is 5.26. The van der Waals surface area contributed by atoms with E-state index in [1.54, 1.807) is 0 Å². The van der Waals surface area contributed by atoms with Crippen LogP contribution in [0.4, 0.5) is 0 Å². The molecular weight excluding hydrogens is 152 g/mol. The molecule has 1 heterocycles. The number of hydrogen-bond acceptors (Lipinski definition) is 2. The molecule has 1 aliphatic rings. The standard InChI is InChI=1S/C9H18N2O/c1-8(2)10-9(3)11-4-6-12-7-5-11/h8H,4-7H2,1-3H3/b10-9+. The molecule has 1 rings (SSSR count). The molecule has 0 aromatic carbocycles. The van der Waals surface area contributed by atoms with E-state index in [4.69, 9.17) is 4.74 Å². The van der Waals surface area contributed by atoms with Crippen LogP contribution in [0, 0.1) is 0 Å². The molecule has 3 heteroatoms. The van der Waals surface area contributed by atoms with E-state index in [0.717, 1.165) is 32.1 Å². The van der Waals surface area contributed by atoms with Crippen LogP contribution in [0.25, 0.3) is 0 Å². The molecule has 0 aliphatic carbocycles. The second-order valence-electron chi connectivity index (χ2n) is 3.37. The van der Waals surface area contributed by atoms with Crippen molar-refractivity contribution in [2.75, 3.05) is 26.3 Å². The number of hydrogen-bond donors (Lipinski definition) is 0. The van der Waals surface area contributed by atoms with Crippen LogP contribution in [0.1, 0.15) is 20.8 Å². The monoisotopic (exact) mass is 170 g/mol. The van der Waals surface area contributed by atoms with Gasteiger partial charge in [-0.2, -0.15) is 0 Å². The van der Waals surface area contributed by atoms with E-state index in [9.17, 15) is 0 Å². The Kier molecular flexibility index (Phi) is 3.53. The van der Waals surface area contributed by atoms with Gasteiger partial charge in [0.05, 0.1) is 19.0 Å². The molecule has 12 heavy (non-hydrogen) atoms. The lowest BCUT2D eigenvalue weighted by Crippen LogP contribution is -2.39. The molecule has 0 atom stereocenters. The summed E-state index contributed by atoms with van der Waals surface area (Å²) in [5.41, 5.74) is 0. The molecule has 0 aromatic heterocycles. The van der Waals surface area contributed by atoms with Gasteiger partial charge in [-0.1, -0.05) is 0 Å². The van der Waals surface area contributed by atoms with Crippen LogP contribution in [-0.2, 0) is 4.74 Å². The molecule has 1 fully saturated rings. The third-order valence-electron chi connectivity index (χ3n) is 1.91. The summed E-state index contributed by atoms with van der Waals surface area (Å²) in [6.07, 6.45) is 0. The molecule has 0 N–H and O–H groups in total. The Morgan fingerprint density at radius 3 is 2.42 bits per heavy atom. The van der Waals surface area contributed by atoms with E-state index in [0.29, 0.717) is 6.04 Å². The number of amidine groups is 1. The molecule has 70 valence electrons. The minimum Gasteiger partial charge on any atom is -0.378 e. The van der Waals surface area contributed by atoms with Crippen molar-refractivity contribution in [3.05, 3.63) is 0 Å². The Hall–Kier alpha value is -0.570. The summed E-state index contributed by atoms with van der Waals surface area (Å²) in [6, 6.07) is 0.396. The molecule has 0 unspecified atom stereocenters. The van der Waals surface area contributed by atoms with Gasteiger partial charge in [0.15, 0.2) is 0 Å².